The smallest absolute Gasteiger partial charge is 0.134 e. The number of nitrogens with one attached hydrogen (secondary N) is 1. The molecule has 2 aromatic rings. The number of aryl methyl sites for hydroxylation is 1. The standard InChI is InChI=1S/C15H16N2O/c1-10-6-14(17-18-10)11-2-4-12(5-3-11)15-7-13(15)8-16-9-15/h2-6,13,16H,7-9H2,1H3/t13-,15+/m1/s1. The van der Waals surface area contributed by atoms with Crippen molar-refractivity contribution in [1.82, 2.24) is 10.5 Å². The SMILES string of the molecule is Cc1cc(-c2ccc([C@]34CNC[C@H]3C4)cc2)no1. The summed E-state index contributed by atoms with van der Waals surface area (Å²) < 4.78 is 5.12. The number of aromatic nitrogens is 1. The van der Waals surface area contributed by atoms with Crippen LogP contribution in [0.3, 0.4) is 0 Å². The molecule has 1 saturated heterocycles. The fourth-order valence-electron chi connectivity index (χ4n) is 3.27. The highest BCUT2D eigenvalue weighted by molar-refractivity contribution is 5.60. The van der Waals surface area contributed by atoms with Crippen molar-refractivity contribution in [3.8, 4) is 11.3 Å². The fraction of sp³-hybridized carbons (Fsp3) is 0.400. The van der Waals surface area contributed by atoms with Crippen LogP contribution in [0, 0.1) is 12.8 Å². The summed E-state index contributed by atoms with van der Waals surface area (Å²) in [7, 11) is 0. The van der Waals surface area contributed by atoms with E-state index in [1.54, 1.807) is 0 Å². The van der Waals surface area contributed by atoms with Gasteiger partial charge in [-0.1, -0.05) is 29.4 Å². The summed E-state index contributed by atoms with van der Waals surface area (Å²) in [6.07, 6.45) is 1.35. The van der Waals surface area contributed by atoms with Gasteiger partial charge in [0.25, 0.3) is 0 Å². The average molecular weight is 240 g/mol. The minimum Gasteiger partial charge on any atom is -0.361 e. The number of benzene rings is 1. The highest BCUT2D eigenvalue weighted by Crippen LogP contribution is 2.56. The Labute approximate surface area is 106 Å². The van der Waals surface area contributed by atoms with E-state index < -0.39 is 0 Å². The van der Waals surface area contributed by atoms with Gasteiger partial charge in [0, 0.05) is 23.6 Å². The average Bonchev–Trinajstić information content (AvgIpc) is 2.75. The summed E-state index contributed by atoms with van der Waals surface area (Å²) in [5, 5.41) is 7.54. The predicted molar refractivity (Wildman–Crippen MR) is 69.3 cm³/mol. The highest BCUT2D eigenvalue weighted by Gasteiger charge is 2.57. The highest BCUT2D eigenvalue weighted by atomic mass is 16.5. The minimum absolute atomic E-state index is 0.443. The van der Waals surface area contributed by atoms with Crippen molar-refractivity contribution in [2.45, 2.75) is 18.8 Å². The van der Waals surface area contributed by atoms with E-state index in [2.05, 4.69) is 34.7 Å². The summed E-state index contributed by atoms with van der Waals surface area (Å²) in [6, 6.07) is 10.8. The summed E-state index contributed by atoms with van der Waals surface area (Å²) in [6.45, 7) is 4.24. The Morgan fingerprint density at radius 1 is 1.33 bits per heavy atom. The number of piperidine rings is 1. The van der Waals surface area contributed by atoms with Crippen LogP contribution < -0.4 is 5.32 Å². The Kier molecular flexibility index (Phi) is 1.98. The van der Waals surface area contributed by atoms with E-state index in [1.165, 1.54) is 18.5 Å². The van der Waals surface area contributed by atoms with Crippen LogP contribution in [-0.4, -0.2) is 18.2 Å². The van der Waals surface area contributed by atoms with Crippen molar-refractivity contribution >= 4 is 0 Å². The first kappa shape index (κ1) is 10.3. The van der Waals surface area contributed by atoms with Crippen LogP contribution in [0.4, 0.5) is 0 Å². The second-order valence-electron chi connectivity index (χ2n) is 5.59. The molecule has 2 fully saturated rings. The van der Waals surface area contributed by atoms with E-state index in [1.807, 2.05) is 13.0 Å². The Balaban J connectivity index is 1.66. The molecule has 2 aliphatic rings. The Morgan fingerprint density at radius 2 is 2.17 bits per heavy atom. The van der Waals surface area contributed by atoms with Crippen LogP contribution >= 0.6 is 0 Å². The van der Waals surface area contributed by atoms with Gasteiger partial charge in [0.05, 0.1) is 0 Å². The van der Waals surface area contributed by atoms with E-state index in [-0.39, 0.29) is 0 Å². The molecule has 18 heavy (non-hydrogen) atoms. The Hall–Kier alpha value is -1.61. The second-order valence-corrected chi connectivity index (χ2v) is 5.59. The molecule has 2 atom stereocenters. The third-order valence-corrected chi connectivity index (χ3v) is 4.45. The lowest BCUT2D eigenvalue weighted by Gasteiger charge is -2.12. The maximum atomic E-state index is 5.12. The molecule has 1 aliphatic heterocycles. The van der Waals surface area contributed by atoms with Gasteiger partial charge in [-0.15, -0.1) is 0 Å². The van der Waals surface area contributed by atoms with Gasteiger partial charge in [-0.05, 0) is 31.4 Å². The molecule has 0 radical (unpaired) electrons. The van der Waals surface area contributed by atoms with E-state index >= 15 is 0 Å². The summed E-state index contributed by atoms with van der Waals surface area (Å²) >= 11 is 0. The van der Waals surface area contributed by atoms with E-state index in [4.69, 9.17) is 4.52 Å². The molecule has 0 spiro atoms. The van der Waals surface area contributed by atoms with Gasteiger partial charge < -0.3 is 9.84 Å². The predicted octanol–water partition coefficient (Wildman–Crippen LogP) is 2.51. The monoisotopic (exact) mass is 240 g/mol. The molecule has 1 N–H and O–H groups in total. The van der Waals surface area contributed by atoms with Gasteiger partial charge in [0.1, 0.15) is 11.5 Å². The molecule has 0 bridgehead atoms. The van der Waals surface area contributed by atoms with Gasteiger partial charge in [-0.2, -0.15) is 0 Å². The number of hydrogen-bond acceptors (Lipinski definition) is 3. The minimum atomic E-state index is 0.443. The fourth-order valence-corrected chi connectivity index (χ4v) is 3.27. The van der Waals surface area contributed by atoms with Crippen LogP contribution in [0.1, 0.15) is 17.7 Å². The molecular weight excluding hydrogens is 224 g/mol. The van der Waals surface area contributed by atoms with Crippen LogP contribution in [0.25, 0.3) is 11.3 Å². The molecule has 1 saturated carbocycles. The van der Waals surface area contributed by atoms with E-state index in [0.29, 0.717) is 5.41 Å². The molecule has 4 rings (SSSR count). The zero-order chi connectivity index (χ0) is 12.2. The van der Waals surface area contributed by atoms with Crippen LogP contribution in [0.2, 0.25) is 0 Å². The lowest BCUT2D eigenvalue weighted by Crippen LogP contribution is -2.19. The van der Waals surface area contributed by atoms with Gasteiger partial charge in [0.2, 0.25) is 0 Å². The molecule has 1 aromatic carbocycles. The number of nitrogens with zero attached hydrogens (tertiary/aromatic N) is 1. The molecule has 0 unspecified atom stereocenters. The van der Waals surface area contributed by atoms with Crippen molar-refractivity contribution in [2.24, 2.45) is 5.92 Å². The van der Waals surface area contributed by atoms with Crippen LogP contribution in [-0.2, 0) is 5.41 Å². The molecule has 3 nitrogen and oxygen atoms in total. The van der Waals surface area contributed by atoms with Crippen molar-refractivity contribution in [1.29, 1.82) is 0 Å². The first-order chi connectivity index (χ1) is 8.78. The maximum Gasteiger partial charge on any atom is 0.134 e. The number of hydrogen-bond donors (Lipinski definition) is 1. The van der Waals surface area contributed by atoms with E-state index in [0.717, 1.165) is 29.5 Å². The Bertz CT molecular complexity index is 587. The molecule has 2 heterocycles. The number of rotatable bonds is 2. The normalized spacial score (nSPS) is 29.3. The van der Waals surface area contributed by atoms with Crippen molar-refractivity contribution in [3.63, 3.8) is 0 Å². The molecule has 3 heteroatoms. The van der Waals surface area contributed by atoms with Gasteiger partial charge in [-0.3, -0.25) is 0 Å². The topological polar surface area (TPSA) is 38.1 Å². The van der Waals surface area contributed by atoms with Gasteiger partial charge in [-0.25, -0.2) is 0 Å². The maximum absolute atomic E-state index is 5.12. The summed E-state index contributed by atoms with van der Waals surface area (Å²) in [5.41, 5.74) is 3.98. The molecule has 1 aromatic heterocycles. The van der Waals surface area contributed by atoms with Gasteiger partial charge in [0.15, 0.2) is 0 Å². The summed E-state index contributed by atoms with van der Waals surface area (Å²) in [5.74, 6) is 1.72. The quantitative estimate of drug-likeness (QED) is 0.876. The van der Waals surface area contributed by atoms with Crippen molar-refractivity contribution < 1.29 is 4.52 Å². The van der Waals surface area contributed by atoms with Gasteiger partial charge >= 0.3 is 0 Å². The van der Waals surface area contributed by atoms with Crippen molar-refractivity contribution in [2.75, 3.05) is 13.1 Å². The van der Waals surface area contributed by atoms with Crippen molar-refractivity contribution in [3.05, 3.63) is 41.7 Å². The Morgan fingerprint density at radius 3 is 2.72 bits per heavy atom. The third kappa shape index (κ3) is 1.37. The lowest BCUT2D eigenvalue weighted by atomic mass is 9.94. The first-order valence-electron chi connectivity index (χ1n) is 6.53. The summed E-state index contributed by atoms with van der Waals surface area (Å²) in [4.78, 5) is 0. The third-order valence-electron chi connectivity index (χ3n) is 4.45. The largest absolute Gasteiger partial charge is 0.361 e. The molecule has 1 aliphatic carbocycles. The second kappa shape index (κ2) is 3.45. The first-order valence-corrected chi connectivity index (χ1v) is 6.53. The lowest BCUT2D eigenvalue weighted by molar-refractivity contribution is 0.399. The molecule has 92 valence electrons. The zero-order valence-electron chi connectivity index (χ0n) is 10.4. The number of fused-ring (bicyclic) bond motifs is 1. The van der Waals surface area contributed by atoms with Crippen LogP contribution in [0.5, 0.6) is 0 Å². The zero-order valence-corrected chi connectivity index (χ0v) is 10.4. The molecular formula is C15H16N2O. The van der Waals surface area contributed by atoms with E-state index in [9.17, 15) is 0 Å². The molecule has 0 amide bonds. The van der Waals surface area contributed by atoms with Crippen LogP contribution in [0.15, 0.2) is 34.9 Å².